The molecule has 6 unspecified atom stereocenters. The molecule has 1 heteroatoms. The minimum atomic E-state index is 0.381. The summed E-state index contributed by atoms with van der Waals surface area (Å²) < 4.78 is 0. The quantitative estimate of drug-likeness (QED) is 0.565. The number of aromatic hydroxyl groups is 1. The Hall–Kier alpha value is -0.980. The summed E-state index contributed by atoms with van der Waals surface area (Å²) in [7, 11) is 0. The van der Waals surface area contributed by atoms with Crippen molar-refractivity contribution in [2.45, 2.75) is 96.3 Å². The van der Waals surface area contributed by atoms with Gasteiger partial charge in [-0.1, -0.05) is 26.0 Å². The fourth-order valence-corrected chi connectivity index (χ4v) is 12.0. The van der Waals surface area contributed by atoms with Crippen LogP contribution in [-0.4, -0.2) is 5.11 Å². The predicted octanol–water partition coefficient (Wildman–Crippen LogP) is 7.23. The van der Waals surface area contributed by atoms with Crippen LogP contribution in [0.1, 0.15) is 96.5 Å². The molecular formula is C28H38O. The maximum Gasteiger partial charge on any atom is 0.115 e. The van der Waals surface area contributed by atoms with Crippen molar-refractivity contribution < 1.29 is 5.11 Å². The van der Waals surface area contributed by atoms with E-state index in [0.717, 1.165) is 17.8 Å². The van der Waals surface area contributed by atoms with Crippen molar-refractivity contribution in [2.24, 2.45) is 39.4 Å². The Balaban J connectivity index is 1.36. The maximum atomic E-state index is 9.92. The van der Waals surface area contributed by atoms with E-state index in [4.69, 9.17) is 0 Å². The van der Waals surface area contributed by atoms with Crippen molar-refractivity contribution in [1.29, 1.82) is 0 Å². The highest BCUT2D eigenvalue weighted by Crippen LogP contribution is 2.80. The van der Waals surface area contributed by atoms with Gasteiger partial charge in [-0.05, 0) is 140 Å². The van der Waals surface area contributed by atoms with E-state index in [0.29, 0.717) is 32.8 Å². The highest BCUT2D eigenvalue weighted by Gasteiger charge is 2.71. The fraction of sp³-hybridized carbons (Fsp3) is 0.786. The first kappa shape index (κ1) is 17.7. The smallest absolute Gasteiger partial charge is 0.115 e. The highest BCUT2D eigenvalue weighted by molar-refractivity contribution is 5.36. The zero-order chi connectivity index (χ0) is 19.7. The van der Waals surface area contributed by atoms with Gasteiger partial charge >= 0.3 is 0 Å². The molecule has 8 aliphatic carbocycles. The molecule has 8 fully saturated rings. The first-order chi connectivity index (χ1) is 13.7. The van der Waals surface area contributed by atoms with E-state index in [1.54, 1.807) is 31.2 Å². The Labute approximate surface area is 176 Å². The van der Waals surface area contributed by atoms with Gasteiger partial charge in [-0.25, -0.2) is 0 Å². The zero-order valence-electron chi connectivity index (χ0n) is 18.5. The molecule has 0 spiro atoms. The second-order valence-corrected chi connectivity index (χ2v) is 14.0. The standard InChI is InChI=1S/C28H38O/c1-24-8-19-7-20(9-24)13-27(12-19,16-24)28-14-21-10-25(2,17-28)15-26(11-21,18-28)22-3-5-23(29)6-4-22/h3-6,19-21,29H,7-18H2,1-2H3. The number of phenolic OH excluding ortho intramolecular Hbond substituents is 1. The Morgan fingerprint density at radius 1 is 0.655 bits per heavy atom. The predicted molar refractivity (Wildman–Crippen MR) is 117 cm³/mol. The van der Waals surface area contributed by atoms with Crippen LogP contribution in [0.25, 0.3) is 0 Å². The molecule has 0 amide bonds. The molecular weight excluding hydrogens is 352 g/mol. The Morgan fingerprint density at radius 3 is 1.93 bits per heavy atom. The molecule has 0 saturated heterocycles. The molecule has 8 saturated carbocycles. The van der Waals surface area contributed by atoms with Crippen molar-refractivity contribution >= 4 is 0 Å². The summed E-state index contributed by atoms with van der Waals surface area (Å²) in [5.74, 6) is 3.43. The van der Waals surface area contributed by atoms with Gasteiger partial charge in [0.05, 0.1) is 0 Å². The molecule has 0 aliphatic heterocycles. The van der Waals surface area contributed by atoms with Crippen LogP contribution < -0.4 is 0 Å². The van der Waals surface area contributed by atoms with E-state index in [-0.39, 0.29) is 0 Å². The van der Waals surface area contributed by atoms with Crippen LogP contribution in [0.3, 0.4) is 0 Å². The second kappa shape index (κ2) is 5.08. The van der Waals surface area contributed by atoms with Crippen molar-refractivity contribution in [1.82, 2.24) is 0 Å². The third-order valence-electron chi connectivity index (χ3n) is 11.3. The zero-order valence-corrected chi connectivity index (χ0v) is 18.5. The summed E-state index contributed by atoms with van der Waals surface area (Å²) in [5.41, 5.74) is 4.37. The summed E-state index contributed by atoms with van der Waals surface area (Å²) in [6.45, 7) is 5.32. The van der Waals surface area contributed by atoms with Crippen molar-refractivity contribution in [3.8, 4) is 5.75 Å². The number of rotatable bonds is 2. The normalized spacial score (nSPS) is 56.8. The average Bonchev–Trinajstić information content (AvgIpc) is 2.58. The lowest BCUT2D eigenvalue weighted by molar-refractivity contribution is -0.239. The highest BCUT2D eigenvalue weighted by atomic mass is 16.3. The monoisotopic (exact) mass is 390 g/mol. The van der Waals surface area contributed by atoms with E-state index in [1.807, 2.05) is 12.1 Å². The van der Waals surface area contributed by atoms with Gasteiger partial charge in [0.2, 0.25) is 0 Å². The van der Waals surface area contributed by atoms with E-state index in [1.165, 1.54) is 51.4 Å². The van der Waals surface area contributed by atoms with Crippen LogP contribution in [-0.2, 0) is 5.41 Å². The van der Waals surface area contributed by atoms with E-state index >= 15 is 0 Å². The van der Waals surface area contributed by atoms with E-state index < -0.39 is 0 Å². The van der Waals surface area contributed by atoms with Gasteiger partial charge in [0.1, 0.15) is 5.75 Å². The molecule has 0 heterocycles. The van der Waals surface area contributed by atoms with Crippen molar-refractivity contribution in [3.05, 3.63) is 29.8 Å². The summed E-state index contributed by atoms with van der Waals surface area (Å²) in [4.78, 5) is 0. The van der Waals surface area contributed by atoms with Crippen LogP contribution >= 0.6 is 0 Å². The lowest BCUT2D eigenvalue weighted by Crippen LogP contribution is -2.66. The number of phenols is 1. The van der Waals surface area contributed by atoms with Gasteiger partial charge in [0.15, 0.2) is 0 Å². The van der Waals surface area contributed by atoms with Gasteiger partial charge < -0.3 is 5.11 Å². The molecule has 29 heavy (non-hydrogen) atoms. The average molecular weight is 391 g/mol. The summed E-state index contributed by atoms with van der Waals surface area (Å²) in [6, 6.07) is 8.46. The molecule has 1 nitrogen and oxygen atoms in total. The first-order valence-electron chi connectivity index (χ1n) is 12.5. The number of hydrogen-bond donors (Lipinski definition) is 1. The molecule has 8 bridgehead atoms. The van der Waals surface area contributed by atoms with Gasteiger partial charge in [-0.3, -0.25) is 0 Å². The van der Waals surface area contributed by atoms with Crippen molar-refractivity contribution in [3.63, 3.8) is 0 Å². The minimum absolute atomic E-state index is 0.381. The lowest BCUT2D eigenvalue weighted by atomic mass is 9.29. The Bertz CT molecular complexity index is 855. The molecule has 1 N–H and O–H groups in total. The van der Waals surface area contributed by atoms with Gasteiger partial charge in [0.25, 0.3) is 0 Å². The molecule has 6 atom stereocenters. The van der Waals surface area contributed by atoms with Gasteiger partial charge in [-0.15, -0.1) is 0 Å². The minimum Gasteiger partial charge on any atom is -0.508 e. The topological polar surface area (TPSA) is 20.2 Å². The SMILES string of the molecule is CC12CC3CC(C1)CC(C14CC5CC(C)(CC(c6ccc(O)cc6)(C5)C1)C4)(C3)C2. The van der Waals surface area contributed by atoms with Crippen LogP contribution in [0.5, 0.6) is 5.75 Å². The fourth-order valence-electron chi connectivity index (χ4n) is 12.0. The molecule has 0 aromatic heterocycles. The molecule has 0 radical (unpaired) electrons. The van der Waals surface area contributed by atoms with Gasteiger partial charge in [0, 0.05) is 0 Å². The largest absolute Gasteiger partial charge is 0.508 e. The van der Waals surface area contributed by atoms with E-state index in [2.05, 4.69) is 26.0 Å². The van der Waals surface area contributed by atoms with E-state index in [9.17, 15) is 5.11 Å². The summed E-state index contributed by atoms with van der Waals surface area (Å²) >= 11 is 0. The van der Waals surface area contributed by atoms with Crippen molar-refractivity contribution in [2.75, 3.05) is 0 Å². The van der Waals surface area contributed by atoms with Crippen LogP contribution in [0.2, 0.25) is 0 Å². The maximum absolute atomic E-state index is 9.92. The lowest BCUT2D eigenvalue weighted by Gasteiger charge is -2.75. The molecule has 156 valence electrons. The summed E-state index contributed by atoms with van der Waals surface area (Å²) in [5, 5.41) is 9.92. The molecule has 1 aromatic carbocycles. The Kier molecular flexibility index (Phi) is 3.10. The molecule has 8 aliphatic rings. The summed E-state index contributed by atoms with van der Waals surface area (Å²) in [6.07, 6.45) is 18.1. The third-order valence-corrected chi connectivity index (χ3v) is 11.3. The first-order valence-corrected chi connectivity index (χ1v) is 12.5. The molecule has 1 aromatic rings. The number of benzene rings is 1. The number of hydrogen-bond acceptors (Lipinski definition) is 1. The molecule has 9 rings (SSSR count). The Morgan fingerprint density at radius 2 is 1.28 bits per heavy atom. The van der Waals surface area contributed by atoms with Crippen LogP contribution in [0.15, 0.2) is 24.3 Å². The van der Waals surface area contributed by atoms with Crippen LogP contribution in [0.4, 0.5) is 0 Å². The van der Waals surface area contributed by atoms with Crippen LogP contribution in [0, 0.1) is 39.4 Å². The second-order valence-electron chi connectivity index (χ2n) is 14.0. The van der Waals surface area contributed by atoms with Gasteiger partial charge in [-0.2, -0.15) is 0 Å². The third kappa shape index (κ3) is 2.23.